The molecule has 0 unspecified atom stereocenters. The highest BCUT2D eigenvalue weighted by Gasteiger charge is 2.20. The first-order valence-electron chi connectivity index (χ1n) is 6.95. The predicted molar refractivity (Wildman–Crippen MR) is 80.8 cm³/mol. The Labute approximate surface area is 120 Å². The minimum atomic E-state index is 0.0651. The van der Waals surface area contributed by atoms with Gasteiger partial charge in [0.15, 0.2) is 0 Å². The molecule has 0 aromatic heterocycles. The van der Waals surface area contributed by atoms with Crippen molar-refractivity contribution in [3.8, 4) is 0 Å². The van der Waals surface area contributed by atoms with E-state index in [2.05, 4.69) is 11.8 Å². The number of hydrogen-bond donors (Lipinski definition) is 2. The van der Waals surface area contributed by atoms with Crippen molar-refractivity contribution >= 4 is 17.4 Å². The van der Waals surface area contributed by atoms with Crippen LogP contribution in [0.15, 0.2) is 18.2 Å². The summed E-state index contributed by atoms with van der Waals surface area (Å²) in [6, 6.07) is 5.65. The average Bonchev–Trinajstić information content (AvgIpc) is 2.33. The molecular formula is C15H22ClN3. The van der Waals surface area contributed by atoms with Gasteiger partial charge in [-0.05, 0) is 36.9 Å². The Morgan fingerprint density at radius 2 is 2.21 bits per heavy atom. The number of benzene rings is 1. The fourth-order valence-corrected chi connectivity index (χ4v) is 2.67. The third-order valence-electron chi connectivity index (χ3n) is 3.95. The Kier molecular flexibility index (Phi) is 4.83. The summed E-state index contributed by atoms with van der Waals surface area (Å²) in [5.41, 5.74) is 7.27. The van der Waals surface area contributed by atoms with Crippen molar-refractivity contribution in [3.05, 3.63) is 34.3 Å². The van der Waals surface area contributed by atoms with Gasteiger partial charge in [0.2, 0.25) is 0 Å². The van der Waals surface area contributed by atoms with Crippen LogP contribution in [-0.2, 0) is 6.54 Å². The van der Waals surface area contributed by atoms with Crippen LogP contribution in [-0.4, -0.2) is 23.8 Å². The number of rotatable bonds is 6. The smallest absolute Gasteiger partial charge is 0.122 e. The second-order valence-corrected chi connectivity index (χ2v) is 5.75. The molecule has 0 spiro atoms. The molecular weight excluding hydrogens is 258 g/mol. The molecule has 2 rings (SSSR count). The van der Waals surface area contributed by atoms with Crippen LogP contribution >= 0.6 is 11.6 Å². The second kappa shape index (κ2) is 6.40. The molecule has 1 saturated carbocycles. The number of nitrogens with zero attached hydrogens (tertiary/aromatic N) is 1. The monoisotopic (exact) mass is 279 g/mol. The van der Waals surface area contributed by atoms with Crippen LogP contribution < -0.4 is 5.73 Å². The molecule has 0 amide bonds. The summed E-state index contributed by atoms with van der Waals surface area (Å²) in [6.45, 7) is 5.28. The highest BCUT2D eigenvalue weighted by molar-refractivity contribution is 6.31. The van der Waals surface area contributed by atoms with Gasteiger partial charge in [0.1, 0.15) is 5.84 Å². The lowest BCUT2D eigenvalue weighted by Gasteiger charge is -2.32. The zero-order valence-electron chi connectivity index (χ0n) is 11.5. The van der Waals surface area contributed by atoms with Crippen molar-refractivity contribution in [1.29, 1.82) is 5.41 Å². The Balaban J connectivity index is 2.01. The molecule has 1 aromatic rings. The minimum Gasteiger partial charge on any atom is -0.384 e. The minimum absolute atomic E-state index is 0.0651. The van der Waals surface area contributed by atoms with E-state index < -0.39 is 0 Å². The Morgan fingerprint density at radius 1 is 1.47 bits per heavy atom. The maximum absolute atomic E-state index is 7.41. The number of nitrogens with two attached hydrogens (primary N) is 1. The average molecular weight is 280 g/mol. The van der Waals surface area contributed by atoms with Gasteiger partial charge in [0.25, 0.3) is 0 Å². The summed E-state index contributed by atoms with van der Waals surface area (Å²) >= 11 is 6.28. The van der Waals surface area contributed by atoms with Crippen LogP contribution in [0.4, 0.5) is 0 Å². The van der Waals surface area contributed by atoms with Crippen molar-refractivity contribution in [1.82, 2.24) is 4.90 Å². The van der Waals surface area contributed by atoms with Crippen molar-refractivity contribution in [2.45, 2.75) is 32.7 Å². The van der Waals surface area contributed by atoms with Gasteiger partial charge >= 0.3 is 0 Å². The Morgan fingerprint density at radius 3 is 2.68 bits per heavy atom. The lowest BCUT2D eigenvalue weighted by molar-refractivity contribution is 0.178. The Bertz CT molecular complexity index is 455. The normalized spacial score (nSPS) is 15.5. The summed E-state index contributed by atoms with van der Waals surface area (Å²) in [7, 11) is 0. The van der Waals surface area contributed by atoms with Crippen LogP contribution in [0.3, 0.4) is 0 Å². The molecule has 0 bridgehead atoms. The quantitative estimate of drug-likeness (QED) is 0.620. The lowest BCUT2D eigenvalue weighted by Crippen LogP contribution is -2.32. The standard InChI is InChI=1S/C15H22ClN3/c1-2-19(9-11-4-3-5-11)10-13-7-6-12(15(17)18)8-14(13)16/h6-8,11H,2-5,9-10H2,1H3,(H3,17,18). The molecule has 0 aliphatic heterocycles. The topological polar surface area (TPSA) is 53.1 Å². The van der Waals surface area contributed by atoms with E-state index in [1.807, 2.05) is 12.1 Å². The SMILES string of the molecule is CCN(Cc1ccc(C(=N)N)cc1Cl)CC1CCC1. The summed E-state index contributed by atoms with van der Waals surface area (Å²) < 4.78 is 0. The van der Waals surface area contributed by atoms with Crippen molar-refractivity contribution in [2.75, 3.05) is 13.1 Å². The van der Waals surface area contributed by atoms with Gasteiger partial charge in [-0.3, -0.25) is 10.3 Å². The van der Waals surface area contributed by atoms with Crippen LogP contribution in [0.1, 0.15) is 37.3 Å². The van der Waals surface area contributed by atoms with Gasteiger partial charge in [-0.15, -0.1) is 0 Å². The fourth-order valence-electron chi connectivity index (χ4n) is 2.43. The van der Waals surface area contributed by atoms with Crippen LogP contribution in [0.5, 0.6) is 0 Å². The largest absolute Gasteiger partial charge is 0.384 e. The second-order valence-electron chi connectivity index (χ2n) is 5.34. The van der Waals surface area contributed by atoms with Gasteiger partial charge in [0, 0.05) is 23.7 Å². The zero-order valence-corrected chi connectivity index (χ0v) is 12.2. The van der Waals surface area contributed by atoms with E-state index >= 15 is 0 Å². The first-order valence-corrected chi connectivity index (χ1v) is 7.33. The van der Waals surface area contributed by atoms with E-state index in [0.717, 1.165) is 24.6 Å². The first kappa shape index (κ1) is 14.4. The Hall–Kier alpha value is -1.06. The molecule has 1 aliphatic carbocycles. The van der Waals surface area contributed by atoms with Crippen molar-refractivity contribution in [2.24, 2.45) is 11.7 Å². The zero-order chi connectivity index (χ0) is 13.8. The molecule has 104 valence electrons. The third kappa shape index (κ3) is 3.71. The van der Waals surface area contributed by atoms with E-state index in [1.54, 1.807) is 6.07 Å². The van der Waals surface area contributed by atoms with Crippen molar-refractivity contribution in [3.63, 3.8) is 0 Å². The molecule has 0 atom stereocenters. The summed E-state index contributed by atoms with van der Waals surface area (Å²) in [6.07, 6.45) is 4.12. The highest BCUT2D eigenvalue weighted by Crippen LogP contribution is 2.28. The number of nitrogen functional groups attached to an aromatic ring is 1. The molecule has 4 heteroatoms. The highest BCUT2D eigenvalue weighted by atomic mass is 35.5. The fraction of sp³-hybridized carbons (Fsp3) is 0.533. The molecule has 0 radical (unpaired) electrons. The summed E-state index contributed by atoms with van der Waals surface area (Å²) in [4.78, 5) is 2.44. The third-order valence-corrected chi connectivity index (χ3v) is 4.30. The summed E-state index contributed by atoms with van der Waals surface area (Å²) in [5.74, 6) is 0.936. The van der Waals surface area contributed by atoms with E-state index in [1.165, 1.54) is 25.8 Å². The molecule has 1 aliphatic rings. The van der Waals surface area contributed by atoms with Crippen LogP contribution in [0.2, 0.25) is 5.02 Å². The van der Waals surface area contributed by atoms with E-state index in [-0.39, 0.29) is 5.84 Å². The maximum Gasteiger partial charge on any atom is 0.122 e. The number of amidine groups is 1. The van der Waals surface area contributed by atoms with Crippen molar-refractivity contribution < 1.29 is 0 Å². The molecule has 3 nitrogen and oxygen atoms in total. The number of hydrogen-bond acceptors (Lipinski definition) is 2. The molecule has 19 heavy (non-hydrogen) atoms. The summed E-state index contributed by atoms with van der Waals surface area (Å²) in [5, 5.41) is 8.12. The van der Waals surface area contributed by atoms with Crippen LogP contribution in [0.25, 0.3) is 0 Å². The van der Waals surface area contributed by atoms with Gasteiger partial charge in [-0.2, -0.15) is 0 Å². The van der Waals surface area contributed by atoms with E-state index in [9.17, 15) is 0 Å². The van der Waals surface area contributed by atoms with Gasteiger partial charge in [0.05, 0.1) is 0 Å². The molecule has 1 aromatic carbocycles. The predicted octanol–water partition coefficient (Wildman–Crippen LogP) is 3.25. The van der Waals surface area contributed by atoms with Gasteiger partial charge in [-0.25, -0.2) is 0 Å². The number of halogens is 1. The van der Waals surface area contributed by atoms with Gasteiger partial charge < -0.3 is 5.73 Å². The van der Waals surface area contributed by atoms with Gasteiger partial charge in [-0.1, -0.05) is 37.1 Å². The number of nitrogens with one attached hydrogen (secondary N) is 1. The molecule has 0 saturated heterocycles. The van der Waals surface area contributed by atoms with Crippen LogP contribution in [0, 0.1) is 11.3 Å². The molecule has 0 heterocycles. The lowest BCUT2D eigenvalue weighted by atomic mass is 9.85. The molecule has 3 N–H and O–H groups in total. The van der Waals surface area contributed by atoms with E-state index in [0.29, 0.717) is 10.6 Å². The van der Waals surface area contributed by atoms with E-state index in [4.69, 9.17) is 22.7 Å². The maximum atomic E-state index is 7.41. The first-order chi connectivity index (χ1) is 9.10. The molecule has 1 fully saturated rings.